The van der Waals surface area contributed by atoms with Gasteiger partial charge in [0.15, 0.2) is 0 Å². The van der Waals surface area contributed by atoms with Crippen LogP contribution in [0.3, 0.4) is 0 Å². The van der Waals surface area contributed by atoms with Crippen LogP contribution in [0.5, 0.6) is 5.75 Å². The summed E-state index contributed by atoms with van der Waals surface area (Å²) in [6.07, 6.45) is 5.73. The van der Waals surface area contributed by atoms with Gasteiger partial charge in [-0.15, -0.1) is 11.3 Å². The van der Waals surface area contributed by atoms with E-state index in [1.165, 1.54) is 24.1 Å². The second-order valence-corrected chi connectivity index (χ2v) is 9.77. The molecule has 1 saturated carbocycles. The minimum atomic E-state index is 0.0888. The molecule has 1 amide bonds. The Labute approximate surface area is 190 Å². The summed E-state index contributed by atoms with van der Waals surface area (Å²) in [7, 11) is 1.73. The number of thiophene rings is 1. The fraction of sp³-hybridized carbons (Fsp3) is 0.560. The van der Waals surface area contributed by atoms with Crippen molar-refractivity contribution in [1.29, 1.82) is 0 Å². The topological polar surface area (TPSA) is 44.8 Å². The summed E-state index contributed by atoms with van der Waals surface area (Å²) in [4.78, 5) is 19.2. The molecule has 1 aromatic heterocycles. The van der Waals surface area contributed by atoms with Crippen molar-refractivity contribution in [3.05, 3.63) is 46.7 Å². The molecule has 1 N–H and O–H groups in total. The molecule has 2 aromatic rings. The minimum absolute atomic E-state index is 0.0888. The van der Waals surface area contributed by atoms with Crippen LogP contribution in [-0.2, 0) is 4.79 Å². The molecule has 2 heterocycles. The van der Waals surface area contributed by atoms with Gasteiger partial charge in [-0.25, -0.2) is 0 Å². The fourth-order valence-electron chi connectivity index (χ4n) is 5.12. The number of methoxy groups -OCH3 is 1. The Bertz CT molecular complexity index is 827. The molecule has 4 rings (SSSR count). The van der Waals surface area contributed by atoms with Crippen LogP contribution in [0, 0.1) is 5.92 Å². The molecule has 1 aliphatic carbocycles. The summed E-state index contributed by atoms with van der Waals surface area (Å²) in [6, 6.07) is 12.9. The van der Waals surface area contributed by atoms with Crippen molar-refractivity contribution in [3.8, 4) is 5.75 Å². The first-order chi connectivity index (χ1) is 15.2. The smallest absolute Gasteiger partial charge is 0.223 e. The highest BCUT2D eigenvalue weighted by Gasteiger charge is 2.32. The molecule has 0 spiro atoms. The lowest BCUT2D eigenvalue weighted by molar-refractivity contribution is -0.127. The van der Waals surface area contributed by atoms with E-state index in [4.69, 9.17) is 4.74 Å². The molecule has 0 bridgehead atoms. The van der Waals surface area contributed by atoms with Crippen LogP contribution in [0.1, 0.15) is 49.9 Å². The first-order valence-electron chi connectivity index (χ1n) is 11.6. The van der Waals surface area contributed by atoms with E-state index in [9.17, 15) is 4.79 Å². The minimum Gasteiger partial charge on any atom is -0.495 e. The van der Waals surface area contributed by atoms with Crippen molar-refractivity contribution in [2.24, 2.45) is 5.92 Å². The zero-order valence-electron chi connectivity index (χ0n) is 18.8. The summed E-state index contributed by atoms with van der Waals surface area (Å²) >= 11 is 1.79. The molecule has 2 aliphatic rings. The maximum Gasteiger partial charge on any atom is 0.223 e. The van der Waals surface area contributed by atoms with Crippen LogP contribution in [0.2, 0.25) is 0 Å². The monoisotopic (exact) mass is 441 g/mol. The predicted octanol–water partition coefficient (Wildman–Crippen LogP) is 4.71. The van der Waals surface area contributed by atoms with Crippen LogP contribution < -0.4 is 15.0 Å². The van der Waals surface area contributed by atoms with Crippen LogP contribution in [0.15, 0.2) is 41.8 Å². The highest BCUT2D eigenvalue weighted by Crippen LogP contribution is 2.33. The van der Waals surface area contributed by atoms with Crippen LogP contribution in [0.25, 0.3) is 0 Å². The molecule has 2 unspecified atom stereocenters. The summed E-state index contributed by atoms with van der Waals surface area (Å²) in [5.41, 5.74) is 1.16. The van der Waals surface area contributed by atoms with Gasteiger partial charge in [-0.3, -0.25) is 9.69 Å². The molecule has 5 nitrogen and oxygen atoms in total. The Balaban J connectivity index is 1.43. The number of hydrogen-bond acceptors (Lipinski definition) is 5. The number of amides is 1. The first kappa shape index (κ1) is 22.2. The fourth-order valence-corrected chi connectivity index (χ4v) is 6.08. The van der Waals surface area contributed by atoms with E-state index < -0.39 is 0 Å². The molecule has 1 aliphatic heterocycles. The molecule has 0 radical (unpaired) electrons. The largest absolute Gasteiger partial charge is 0.495 e. The Hall–Kier alpha value is -2.05. The third kappa shape index (κ3) is 5.24. The second kappa shape index (κ2) is 10.5. The van der Waals surface area contributed by atoms with E-state index in [0.717, 1.165) is 50.5 Å². The van der Waals surface area contributed by atoms with E-state index in [1.807, 2.05) is 12.1 Å². The van der Waals surface area contributed by atoms with Gasteiger partial charge >= 0.3 is 0 Å². The van der Waals surface area contributed by atoms with Gasteiger partial charge in [0.1, 0.15) is 5.75 Å². The average molecular weight is 442 g/mol. The number of carbonyl (C=O) groups is 1. The number of benzene rings is 1. The van der Waals surface area contributed by atoms with Crippen molar-refractivity contribution in [1.82, 2.24) is 10.2 Å². The molecule has 168 valence electrons. The number of piperazine rings is 1. The van der Waals surface area contributed by atoms with E-state index in [0.29, 0.717) is 0 Å². The third-order valence-corrected chi connectivity index (χ3v) is 7.73. The molecule has 2 atom stereocenters. The van der Waals surface area contributed by atoms with Gasteiger partial charge < -0.3 is 15.0 Å². The lowest BCUT2D eigenvalue weighted by Gasteiger charge is -2.42. The second-order valence-electron chi connectivity index (χ2n) is 8.79. The van der Waals surface area contributed by atoms with Gasteiger partial charge in [-0.2, -0.15) is 0 Å². The van der Waals surface area contributed by atoms with Crippen molar-refractivity contribution < 1.29 is 9.53 Å². The first-order valence-corrected chi connectivity index (χ1v) is 12.5. The van der Waals surface area contributed by atoms with Crippen molar-refractivity contribution >= 4 is 22.9 Å². The SMILES string of the molecule is COc1ccccc1N1CCN(C(c2cccs2)C(C)NC(=O)C2CCCCC2)CC1. The number of anilines is 1. The summed E-state index contributed by atoms with van der Waals surface area (Å²) in [5, 5.41) is 5.53. The quantitative estimate of drug-likeness (QED) is 0.676. The predicted molar refractivity (Wildman–Crippen MR) is 128 cm³/mol. The number of nitrogens with one attached hydrogen (secondary N) is 1. The lowest BCUT2D eigenvalue weighted by atomic mass is 9.88. The van der Waals surface area contributed by atoms with Crippen LogP contribution in [-0.4, -0.2) is 50.1 Å². The Morgan fingerprint density at radius 1 is 1.06 bits per heavy atom. The van der Waals surface area contributed by atoms with Gasteiger partial charge in [0.25, 0.3) is 0 Å². The highest BCUT2D eigenvalue weighted by molar-refractivity contribution is 7.10. The number of hydrogen-bond donors (Lipinski definition) is 1. The third-order valence-electron chi connectivity index (χ3n) is 6.79. The van der Waals surface area contributed by atoms with Gasteiger partial charge in [-0.05, 0) is 43.3 Å². The Morgan fingerprint density at radius 3 is 2.48 bits per heavy atom. The molecule has 1 saturated heterocycles. The highest BCUT2D eigenvalue weighted by atomic mass is 32.1. The summed E-state index contributed by atoms with van der Waals surface area (Å²) in [5.74, 6) is 1.38. The molecular weight excluding hydrogens is 406 g/mol. The van der Waals surface area contributed by atoms with Crippen molar-refractivity contribution in [2.75, 3.05) is 38.2 Å². The zero-order chi connectivity index (χ0) is 21.6. The average Bonchev–Trinajstić information content (AvgIpc) is 3.34. The van der Waals surface area contributed by atoms with Gasteiger partial charge in [-0.1, -0.05) is 37.5 Å². The maximum absolute atomic E-state index is 12.9. The normalized spacial score (nSPS) is 20.3. The van der Waals surface area contributed by atoms with Crippen molar-refractivity contribution in [2.45, 2.75) is 51.1 Å². The van der Waals surface area contributed by atoms with Crippen LogP contribution in [0.4, 0.5) is 5.69 Å². The molecule has 1 aromatic carbocycles. The number of nitrogens with zero attached hydrogens (tertiary/aromatic N) is 2. The number of rotatable bonds is 7. The molecular formula is C25H35N3O2S. The standard InChI is InChI=1S/C25H35N3O2S/c1-19(26-25(29)20-9-4-3-5-10-20)24(23-13-8-18-31-23)28-16-14-27(15-17-28)21-11-6-7-12-22(21)30-2/h6-8,11-13,18-20,24H,3-5,9-10,14-17H2,1-2H3,(H,26,29). The van der Waals surface area contributed by atoms with Crippen LogP contribution >= 0.6 is 11.3 Å². The van der Waals surface area contributed by atoms with Gasteiger partial charge in [0.05, 0.1) is 18.8 Å². The number of ether oxygens (including phenoxy) is 1. The number of para-hydroxylation sites is 2. The lowest BCUT2D eigenvalue weighted by Crippen LogP contribution is -2.53. The molecule has 2 fully saturated rings. The van der Waals surface area contributed by atoms with Gasteiger partial charge in [0.2, 0.25) is 5.91 Å². The summed E-state index contributed by atoms with van der Waals surface area (Å²) < 4.78 is 5.57. The van der Waals surface area contributed by atoms with Crippen molar-refractivity contribution in [3.63, 3.8) is 0 Å². The molecule has 6 heteroatoms. The van der Waals surface area contributed by atoms with E-state index in [-0.39, 0.29) is 23.9 Å². The maximum atomic E-state index is 12.9. The van der Waals surface area contributed by atoms with Gasteiger partial charge in [0, 0.05) is 43.0 Å². The Morgan fingerprint density at radius 2 is 1.81 bits per heavy atom. The number of carbonyl (C=O) groups excluding carboxylic acids is 1. The zero-order valence-corrected chi connectivity index (χ0v) is 19.6. The Kier molecular flexibility index (Phi) is 7.51. The van der Waals surface area contributed by atoms with E-state index >= 15 is 0 Å². The van der Waals surface area contributed by atoms with E-state index in [2.05, 4.69) is 51.7 Å². The molecule has 31 heavy (non-hydrogen) atoms. The summed E-state index contributed by atoms with van der Waals surface area (Å²) in [6.45, 7) is 6.00. The van der Waals surface area contributed by atoms with E-state index in [1.54, 1.807) is 18.4 Å².